The molecular formula is C14H21NO2S. The molecule has 0 aliphatic heterocycles. The highest BCUT2D eigenvalue weighted by Gasteiger charge is 2.16. The number of fused-ring (bicyclic) bond motifs is 1. The summed E-state index contributed by atoms with van der Waals surface area (Å²) in [6.45, 7) is 2.00. The quantitative estimate of drug-likeness (QED) is 0.911. The van der Waals surface area contributed by atoms with Crippen molar-refractivity contribution in [2.45, 2.75) is 45.1 Å². The number of rotatable bonds is 4. The lowest BCUT2D eigenvalue weighted by Gasteiger charge is -2.21. The van der Waals surface area contributed by atoms with Crippen molar-refractivity contribution in [1.82, 2.24) is 4.72 Å². The standard InChI is InChI=1S/C14H21NO2S/c1-3-14(15-18(2,16)17)13-9-8-11-6-4-5-7-12(11)10-13/h8-10,14-15H,3-7H2,1-2H3. The van der Waals surface area contributed by atoms with Crippen molar-refractivity contribution in [3.05, 3.63) is 34.9 Å². The molecule has 0 heterocycles. The molecule has 1 aromatic rings. The highest BCUT2D eigenvalue weighted by atomic mass is 32.2. The molecule has 1 aliphatic carbocycles. The van der Waals surface area contributed by atoms with Crippen LogP contribution < -0.4 is 4.72 Å². The van der Waals surface area contributed by atoms with Gasteiger partial charge in [-0.05, 0) is 48.8 Å². The van der Waals surface area contributed by atoms with E-state index in [1.165, 1.54) is 30.2 Å². The van der Waals surface area contributed by atoms with Gasteiger partial charge in [0.25, 0.3) is 0 Å². The second-order valence-corrected chi connectivity index (χ2v) is 6.87. The predicted molar refractivity (Wildman–Crippen MR) is 74.1 cm³/mol. The maximum Gasteiger partial charge on any atom is 0.209 e. The van der Waals surface area contributed by atoms with Crippen molar-refractivity contribution in [2.24, 2.45) is 0 Å². The zero-order valence-electron chi connectivity index (χ0n) is 11.1. The fraction of sp³-hybridized carbons (Fsp3) is 0.571. The molecule has 1 unspecified atom stereocenters. The van der Waals surface area contributed by atoms with Gasteiger partial charge in [-0.15, -0.1) is 0 Å². The van der Waals surface area contributed by atoms with Crippen molar-refractivity contribution in [3.63, 3.8) is 0 Å². The van der Waals surface area contributed by atoms with Crippen LogP contribution in [0, 0.1) is 0 Å². The highest BCUT2D eigenvalue weighted by molar-refractivity contribution is 7.88. The molecular weight excluding hydrogens is 246 g/mol. The van der Waals surface area contributed by atoms with Crippen LogP contribution >= 0.6 is 0 Å². The van der Waals surface area contributed by atoms with Gasteiger partial charge in [0.05, 0.1) is 6.26 Å². The average molecular weight is 267 g/mol. The first-order valence-corrected chi connectivity index (χ1v) is 8.47. The minimum atomic E-state index is -3.15. The third-order valence-corrected chi connectivity index (χ3v) is 4.25. The van der Waals surface area contributed by atoms with E-state index in [-0.39, 0.29) is 6.04 Å². The van der Waals surface area contributed by atoms with Gasteiger partial charge in [-0.2, -0.15) is 0 Å². The molecule has 0 bridgehead atoms. The van der Waals surface area contributed by atoms with Crippen LogP contribution in [-0.4, -0.2) is 14.7 Å². The molecule has 1 atom stereocenters. The second-order valence-electron chi connectivity index (χ2n) is 5.09. The predicted octanol–water partition coefficient (Wildman–Crippen LogP) is 2.57. The molecule has 100 valence electrons. The number of hydrogen-bond acceptors (Lipinski definition) is 2. The van der Waals surface area contributed by atoms with E-state index in [2.05, 4.69) is 22.9 Å². The van der Waals surface area contributed by atoms with Gasteiger partial charge >= 0.3 is 0 Å². The molecule has 0 saturated heterocycles. The molecule has 0 radical (unpaired) electrons. The monoisotopic (exact) mass is 267 g/mol. The molecule has 1 aliphatic rings. The summed E-state index contributed by atoms with van der Waals surface area (Å²) in [5.74, 6) is 0. The number of aryl methyl sites for hydroxylation is 2. The second kappa shape index (κ2) is 5.41. The van der Waals surface area contributed by atoms with Crippen LogP contribution in [0.4, 0.5) is 0 Å². The van der Waals surface area contributed by atoms with Crippen LogP contribution in [-0.2, 0) is 22.9 Å². The maximum atomic E-state index is 11.4. The van der Waals surface area contributed by atoms with Crippen LogP contribution in [0.15, 0.2) is 18.2 Å². The number of hydrogen-bond donors (Lipinski definition) is 1. The van der Waals surface area contributed by atoms with E-state index in [1.807, 2.05) is 6.92 Å². The van der Waals surface area contributed by atoms with Crippen LogP contribution in [0.25, 0.3) is 0 Å². The fourth-order valence-corrected chi connectivity index (χ4v) is 3.44. The Morgan fingerprint density at radius 3 is 2.50 bits per heavy atom. The Kier molecular flexibility index (Phi) is 4.07. The normalized spacial score (nSPS) is 17.2. The van der Waals surface area contributed by atoms with Gasteiger partial charge in [0, 0.05) is 6.04 Å². The molecule has 1 N–H and O–H groups in total. The molecule has 3 nitrogen and oxygen atoms in total. The zero-order valence-corrected chi connectivity index (χ0v) is 11.9. The summed E-state index contributed by atoms with van der Waals surface area (Å²) in [6.07, 6.45) is 6.78. The summed E-state index contributed by atoms with van der Waals surface area (Å²) in [7, 11) is -3.15. The van der Waals surface area contributed by atoms with E-state index < -0.39 is 10.0 Å². The Hall–Kier alpha value is -0.870. The van der Waals surface area contributed by atoms with Gasteiger partial charge < -0.3 is 0 Å². The average Bonchev–Trinajstić information content (AvgIpc) is 2.34. The van der Waals surface area contributed by atoms with Crippen molar-refractivity contribution in [1.29, 1.82) is 0 Å². The molecule has 4 heteroatoms. The molecule has 0 fully saturated rings. The molecule has 0 amide bonds. The van der Waals surface area contributed by atoms with Crippen LogP contribution in [0.5, 0.6) is 0 Å². The smallest absolute Gasteiger partial charge is 0.209 e. The van der Waals surface area contributed by atoms with Crippen LogP contribution in [0.2, 0.25) is 0 Å². The molecule has 1 aromatic carbocycles. The first-order chi connectivity index (χ1) is 8.49. The van der Waals surface area contributed by atoms with Gasteiger partial charge in [-0.25, -0.2) is 13.1 Å². The van der Waals surface area contributed by atoms with E-state index in [0.717, 1.165) is 24.8 Å². The molecule has 0 aromatic heterocycles. The topological polar surface area (TPSA) is 46.2 Å². The largest absolute Gasteiger partial charge is 0.213 e. The molecule has 2 rings (SSSR count). The maximum absolute atomic E-state index is 11.4. The van der Waals surface area contributed by atoms with Crippen molar-refractivity contribution in [2.75, 3.05) is 6.26 Å². The van der Waals surface area contributed by atoms with Gasteiger partial charge in [0.15, 0.2) is 0 Å². The lowest BCUT2D eigenvalue weighted by Crippen LogP contribution is -2.27. The Bertz CT molecular complexity index is 523. The SMILES string of the molecule is CCC(NS(C)(=O)=O)c1ccc2c(c1)CCCC2. The molecule has 0 spiro atoms. The minimum Gasteiger partial charge on any atom is -0.213 e. The van der Waals surface area contributed by atoms with E-state index in [0.29, 0.717) is 0 Å². The lowest BCUT2D eigenvalue weighted by molar-refractivity contribution is 0.555. The van der Waals surface area contributed by atoms with Crippen molar-refractivity contribution in [3.8, 4) is 0 Å². The molecule has 0 saturated carbocycles. The molecule has 18 heavy (non-hydrogen) atoms. The zero-order chi connectivity index (χ0) is 13.2. The number of sulfonamides is 1. The third-order valence-electron chi connectivity index (χ3n) is 3.54. The Morgan fingerprint density at radius 2 is 1.89 bits per heavy atom. The van der Waals surface area contributed by atoms with Gasteiger partial charge in [-0.1, -0.05) is 25.1 Å². The van der Waals surface area contributed by atoms with Gasteiger partial charge in [0.2, 0.25) is 10.0 Å². The van der Waals surface area contributed by atoms with Crippen LogP contribution in [0.1, 0.15) is 48.9 Å². The Balaban J connectivity index is 2.26. The van der Waals surface area contributed by atoms with E-state index in [1.54, 1.807) is 0 Å². The Morgan fingerprint density at radius 1 is 1.22 bits per heavy atom. The number of benzene rings is 1. The Labute approximate surface area is 110 Å². The van der Waals surface area contributed by atoms with Crippen molar-refractivity contribution >= 4 is 10.0 Å². The summed E-state index contributed by atoms with van der Waals surface area (Å²) in [6, 6.07) is 6.31. The summed E-state index contributed by atoms with van der Waals surface area (Å²) in [5.41, 5.74) is 3.91. The van der Waals surface area contributed by atoms with Gasteiger partial charge in [-0.3, -0.25) is 0 Å². The van der Waals surface area contributed by atoms with Crippen LogP contribution in [0.3, 0.4) is 0 Å². The fourth-order valence-electron chi connectivity index (χ4n) is 2.62. The van der Waals surface area contributed by atoms with E-state index in [4.69, 9.17) is 0 Å². The van der Waals surface area contributed by atoms with Crippen molar-refractivity contribution < 1.29 is 8.42 Å². The summed E-state index contributed by atoms with van der Waals surface area (Å²) >= 11 is 0. The van der Waals surface area contributed by atoms with E-state index in [9.17, 15) is 8.42 Å². The first-order valence-electron chi connectivity index (χ1n) is 6.58. The minimum absolute atomic E-state index is 0.104. The summed E-state index contributed by atoms with van der Waals surface area (Å²) in [5, 5.41) is 0. The van der Waals surface area contributed by atoms with Gasteiger partial charge in [0.1, 0.15) is 0 Å². The first kappa shape index (κ1) is 13.6. The third kappa shape index (κ3) is 3.33. The summed E-state index contributed by atoms with van der Waals surface area (Å²) < 4.78 is 25.4. The number of nitrogens with one attached hydrogen (secondary N) is 1. The summed E-state index contributed by atoms with van der Waals surface area (Å²) in [4.78, 5) is 0. The highest BCUT2D eigenvalue weighted by Crippen LogP contribution is 2.26. The van der Waals surface area contributed by atoms with E-state index >= 15 is 0 Å². The lowest BCUT2D eigenvalue weighted by atomic mass is 9.89.